The molecular weight excluding hydrogens is 132 g/mol. The molecule has 0 aliphatic heterocycles. The Bertz CT molecular complexity index is 153. The third-order valence-electron chi connectivity index (χ3n) is 3.09. The van der Waals surface area contributed by atoms with E-state index >= 15 is 0 Å². The first kappa shape index (κ1) is 8.83. The Morgan fingerprint density at radius 3 is 2.73 bits per heavy atom. The second-order valence-corrected chi connectivity index (χ2v) is 3.79. The van der Waals surface area contributed by atoms with Crippen molar-refractivity contribution >= 4 is 0 Å². The highest BCUT2D eigenvalue weighted by molar-refractivity contribution is 5.15. The van der Waals surface area contributed by atoms with Gasteiger partial charge in [-0.2, -0.15) is 0 Å². The summed E-state index contributed by atoms with van der Waals surface area (Å²) in [6, 6.07) is 0. The van der Waals surface area contributed by atoms with Crippen molar-refractivity contribution in [2.75, 3.05) is 0 Å². The molecule has 0 N–H and O–H groups in total. The van der Waals surface area contributed by atoms with Gasteiger partial charge in [-0.25, -0.2) is 0 Å². The maximum absolute atomic E-state index is 2.37. The fraction of sp³-hybridized carbons (Fsp3) is 0.818. The number of rotatable bonds is 1. The zero-order valence-electron chi connectivity index (χ0n) is 8.11. The van der Waals surface area contributed by atoms with E-state index in [1.165, 1.54) is 32.1 Å². The standard InChI is InChI=1S/C11H20/c1-4-11-8-6-5-7-9(2)10(11)3/h9H,4-8H2,1-3H3. The van der Waals surface area contributed by atoms with E-state index in [9.17, 15) is 0 Å². The van der Waals surface area contributed by atoms with Crippen LogP contribution in [0.2, 0.25) is 0 Å². The van der Waals surface area contributed by atoms with Gasteiger partial charge in [-0.05, 0) is 38.5 Å². The van der Waals surface area contributed by atoms with Crippen LogP contribution in [0.5, 0.6) is 0 Å². The van der Waals surface area contributed by atoms with Crippen LogP contribution in [0.1, 0.15) is 52.9 Å². The number of hydrogen-bond acceptors (Lipinski definition) is 0. The summed E-state index contributed by atoms with van der Waals surface area (Å²) >= 11 is 0. The summed E-state index contributed by atoms with van der Waals surface area (Å²) in [5.41, 5.74) is 3.42. The normalized spacial score (nSPS) is 27.0. The minimum absolute atomic E-state index is 0.854. The average Bonchev–Trinajstić information content (AvgIpc) is 2.16. The van der Waals surface area contributed by atoms with Gasteiger partial charge >= 0.3 is 0 Å². The Balaban J connectivity index is 2.72. The second-order valence-electron chi connectivity index (χ2n) is 3.79. The summed E-state index contributed by atoms with van der Waals surface area (Å²) < 4.78 is 0. The molecule has 0 aromatic carbocycles. The van der Waals surface area contributed by atoms with Crippen LogP contribution in [0, 0.1) is 5.92 Å². The van der Waals surface area contributed by atoms with E-state index in [1.807, 2.05) is 0 Å². The van der Waals surface area contributed by atoms with Gasteiger partial charge < -0.3 is 0 Å². The van der Waals surface area contributed by atoms with Crippen molar-refractivity contribution in [1.29, 1.82) is 0 Å². The molecule has 0 spiro atoms. The molecule has 1 unspecified atom stereocenters. The van der Waals surface area contributed by atoms with Crippen LogP contribution in [0.4, 0.5) is 0 Å². The van der Waals surface area contributed by atoms with Gasteiger partial charge in [0, 0.05) is 0 Å². The van der Waals surface area contributed by atoms with Crippen molar-refractivity contribution in [2.45, 2.75) is 52.9 Å². The Morgan fingerprint density at radius 2 is 2.09 bits per heavy atom. The Hall–Kier alpha value is -0.260. The molecule has 0 heterocycles. The first-order valence-electron chi connectivity index (χ1n) is 4.94. The molecule has 1 atom stereocenters. The van der Waals surface area contributed by atoms with Gasteiger partial charge in [0.1, 0.15) is 0 Å². The van der Waals surface area contributed by atoms with E-state index in [2.05, 4.69) is 20.8 Å². The highest BCUT2D eigenvalue weighted by Crippen LogP contribution is 2.29. The summed E-state index contributed by atoms with van der Waals surface area (Å²) in [6.45, 7) is 6.99. The van der Waals surface area contributed by atoms with E-state index in [0.29, 0.717) is 0 Å². The van der Waals surface area contributed by atoms with Crippen LogP contribution in [0.15, 0.2) is 11.1 Å². The van der Waals surface area contributed by atoms with Gasteiger partial charge in [0.25, 0.3) is 0 Å². The van der Waals surface area contributed by atoms with Crippen LogP contribution >= 0.6 is 0 Å². The molecule has 0 saturated heterocycles. The van der Waals surface area contributed by atoms with Gasteiger partial charge in [0.05, 0.1) is 0 Å². The van der Waals surface area contributed by atoms with Crippen LogP contribution in [-0.2, 0) is 0 Å². The fourth-order valence-corrected chi connectivity index (χ4v) is 2.01. The lowest BCUT2D eigenvalue weighted by molar-refractivity contribution is 0.583. The summed E-state index contributed by atoms with van der Waals surface area (Å²) in [5, 5.41) is 0. The third-order valence-corrected chi connectivity index (χ3v) is 3.09. The van der Waals surface area contributed by atoms with E-state index in [1.54, 1.807) is 11.1 Å². The minimum atomic E-state index is 0.854. The molecule has 0 aromatic heterocycles. The molecule has 0 heteroatoms. The third kappa shape index (κ3) is 2.08. The maximum atomic E-state index is 2.37. The molecule has 0 fully saturated rings. The van der Waals surface area contributed by atoms with Crippen molar-refractivity contribution in [3.8, 4) is 0 Å². The van der Waals surface area contributed by atoms with Gasteiger partial charge in [0.15, 0.2) is 0 Å². The largest absolute Gasteiger partial charge is 0.0713 e. The zero-order chi connectivity index (χ0) is 8.27. The van der Waals surface area contributed by atoms with Crippen molar-refractivity contribution < 1.29 is 0 Å². The molecular formula is C11H20. The Labute approximate surface area is 70.7 Å². The highest BCUT2D eigenvalue weighted by Gasteiger charge is 2.12. The number of hydrogen-bond donors (Lipinski definition) is 0. The van der Waals surface area contributed by atoms with Crippen LogP contribution in [0.25, 0.3) is 0 Å². The molecule has 0 bridgehead atoms. The highest BCUT2D eigenvalue weighted by atomic mass is 14.2. The topological polar surface area (TPSA) is 0 Å². The lowest BCUT2D eigenvalue weighted by atomic mass is 9.95. The lowest BCUT2D eigenvalue weighted by Gasteiger charge is -2.11. The van der Waals surface area contributed by atoms with E-state index in [4.69, 9.17) is 0 Å². The van der Waals surface area contributed by atoms with E-state index in [-0.39, 0.29) is 0 Å². The van der Waals surface area contributed by atoms with Crippen molar-refractivity contribution in [2.24, 2.45) is 5.92 Å². The first-order valence-corrected chi connectivity index (χ1v) is 4.94. The van der Waals surface area contributed by atoms with Crippen molar-refractivity contribution in [1.82, 2.24) is 0 Å². The lowest BCUT2D eigenvalue weighted by Crippen LogP contribution is -1.96. The molecule has 64 valence electrons. The van der Waals surface area contributed by atoms with Gasteiger partial charge in [-0.1, -0.05) is 31.4 Å². The predicted molar refractivity (Wildman–Crippen MR) is 50.6 cm³/mol. The molecule has 0 amide bonds. The zero-order valence-corrected chi connectivity index (χ0v) is 8.11. The first-order chi connectivity index (χ1) is 5.25. The minimum Gasteiger partial charge on any atom is -0.0713 e. The van der Waals surface area contributed by atoms with E-state index in [0.717, 1.165) is 5.92 Å². The molecule has 0 aromatic rings. The fourth-order valence-electron chi connectivity index (χ4n) is 2.01. The van der Waals surface area contributed by atoms with Gasteiger partial charge in [0.2, 0.25) is 0 Å². The smallest absolute Gasteiger partial charge is 0.0232 e. The summed E-state index contributed by atoms with van der Waals surface area (Å²) in [5.74, 6) is 0.854. The second kappa shape index (κ2) is 3.94. The molecule has 0 saturated carbocycles. The molecule has 1 aliphatic rings. The Kier molecular flexibility index (Phi) is 3.16. The Morgan fingerprint density at radius 1 is 1.36 bits per heavy atom. The van der Waals surface area contributed by atoms with E-state index < -0.39 is 0 Å². The maximum Gasteiger partial charge on any atom is -0.0232 e. The average molecular weight is 152 g/mol. The molecule has 1 rings (SSSR count). The predicted octanol–water partition coefficient (Wildman–Crippen LogP) is 3.92. The molecule has 1 aliphatic carbocycles. The quantitative estimate of drug-likeness (QED) is 0.499. The summed E-state index contributed by atoms with van der Waals surface area (Å²) in [7, 11) is 0. The number of allylic oxidation sites excluding steroid dienone is 2. The summed E-state index contributed by atoms with van der Waals surface area (Å²) in [4.78, 5) is 0. The van der Waals surface area contributed by atoms with Crippen LogP contribution in [-0.4, -0.2) is 0 Å². The van der Waals surface area contributed by atoms with Gasteiger partial charge in [-0.3, -0.25) is 0 Å². The van der Waals surface area contributed by atoms with Crippen LogP contribution < -0.4 is 0 Å². The van der Waals surface area contributed by atoms with Crippen LogP contribution in [0.3, 0.4) is 0 Å². The van der Waals surface area contributed by atoms with Crippen molar-refractivity contribution in [3.63, 3.8) is 0 Å². The van der Waals surface area contributed by atoms with Crippen molar-refractivity contribution in [3.05, 3.63) is 11.1 Å². The van der Waals surface area contributed by atoms with Gasteiger partial charge in [-0.15, -0.1) is 0 Å². The molecule has 11 heavy (non-hydrogen) atoms. The molecule has 0 nitrogen and oxygen atoms in total. The SMILES string of the molecule is CCC1=C(C)C(C)CCCC1. The monoisotopic (exact) mass is 152 g/mol. The molecule has 0 radical (unpaired) electrons. The summed E-state index contributed by atoms with van der Waals surface area (Å²) in [6.07, 6.45) is 6.91.